The molecule has 0 aromatic heterocycles. The summed E-state index contributed by atoms with van der Waals surface area (Å²) in [7, 11) is 0. The van der Waals surface area contributed by atoms with Gasteiger partial charge in [-0.15, -0.1) is 11.6 Å². The van der Waals surface area contributed by atoms with E-state index in [9.17, 15) is 10.2 Å². The smallest absolute Gasteiger partial charge is 0.115 e. The second-order valence-corrected chi connectivity index (χ2v) is 7.33. The van der Waals surface area contributed by atoms with E-state index in [1.54, 1.807) is 24.3 Å². The van der Waals surface area contributed by atoms with Gasteiger partial charge in [-0.1, -0.05) is 38.1 Å². The fourth-order valence-electron chi connectivity index (χ4n) is 2.47. The fraction of sp³-hybridized carbons (Fsp3) is 0.429. The summed E-state index contributed by atoms with van der Waals surface area (Å²) in [5, 5.41) is 27.5. The largest absolute Gasteiger partial charge is 0.508 e. The maximum atomic E-state index is 9.30. The molecule has 1 aliphatic heterocycles. The van der Waals surface area contributed by atoms with E-state index in [-0.39, 0.29) is 28.9 Å². The number of rotatable bonds is 7. The summed E-state index contributed by atoms with van der Waals surface area (Å²) >= 11 is 5.32. The van der Waals surface area contributed by atoms with Crippen LogP contribution in [0.2, 0.25) is 0 Å². The van der Waals surface area contributed by atoms with Crippen molar-refractivity contribution in [2.45, 2.75) is 31.5 Å². The Morgan fingerprint density at radius 1 is 1.04 bits per heavy atom. The van der Waals surface area contributed by atoms with Gasteiger partial charge < -0.3 is 24.8 Å². The van der Waals surface area contributed by atoms with E-state index in [1.807, 2.05) is 24.3 Å². The number of alkyl halides is 1. The van der Waals surface area contributed by atoms with Crippen LogP contribution in [0, 0.1) is 0 Å². The van der Waals surface area contributed by atoms with Gasteiger partial charge in [0.15, 0.2) is 0 Å². The molecule has 1 fully saturated rings. The van der Waals surface area contributed by atoms with Gasteiger partial charge in [0.2, 0.25) is 0 Å². The summed E-state index contributed by atoms with van der Waals surface area (Å²) in [5.41, 5.74) is 2.10. The number of phenolic OH excluding ortho intramolecular Hbond substituents is 2. The second-order valence-electron chi connectivity index (χ2n) is 7.02. The van der Waals surface area contributed by atoms with Crippen LogP contribution in [0.15, 0.2) is 48.5 Å². The Morgan fingerprint density at radius 3 is 1.85 bits per heavy atom. The van der Waals surface area contributed by atoms with Gasteiger partial charge in [0.1, 0.15) is 17.6 Å². The van der Waals surface area contributed by atoms with E-state index in [0.717, 1.165) is 17.7 Å². The van der Waals surface area contributed by atoms with Crippen molar-refractivity contribution in [3.8, 4) is 11.5 Å². The lowest BCUT2D eigenvalue weighted by molar-refractivity contribution is 0.0408. The fourth-order valence-corrected chi connectivity index (χ4v) is 2.56. The summed E-state index contributed by atoms with van der Waals surface area (Å²) in [6, 6.07) is 14.4. The van der Waals surface area contributed by atoms with Gasteiger partial charge in [0.25, 0.3) is 0 Å². The zero-order chi connectivity index (χ0) is 19.9. The molecule has 1 saturated heterocycles. The molecule has 0 spiro atoms. The van der Waals surface area contributed by atoms with E-state index in [2.05, 4.69) is 13.8 Å². The number of aliphatic hydroxyl groups is 1. The Bertz CT molecular complexity index is 633. The standard InChI is InChI=1S/C15H16O2.C6H11ClO3/c1-15(2,11-3-7-13(16)8-4-11)12-5-9-14(17)10-6-12;7-1-5(8)2-9-3-6-4-10-6/h3-10,16-17H,1-2H3;5-6,8H,1-4H2. The van der Waals surface area contributed by atoms with Crippen molar-refractivity contribution in [3.05, 3.63) is 59.7 Å². The van der Waals surface area contributed by atoms with Crippen molar-refractivity contribution >= 4 is 11.6 Å². The van der Waals surface area contributed by atoms with Crippen LogP contribution in [0.1, 0.15) is 25.0 Å². The predicted octanol–water partition coefficient (Wildman–Crippen LogP) is 3.43. The Labute approximate surface area is 165 Å². The summed E-state index contributed by atoms with van der Waals surface area (Å²) in [4.78, 5) is 0. The molecule has 2 unspecified atom stereocenters. The van der Waals surface area contributed by atoms with Gasteiger partial charge in [-0.05, 0) is 35.4 Å². The van der Waals surface area contributed by atoms with Gasteiger partial charge in [-0.3, -0.25) is 0 Å². The monoisotopic (exact) mass is 394 g/mol. The van der Waals surface area contributed by atoms with Crippen LogP contribution in [-0.4, -0.2) is 53.2 Å². The molecule has 0 bridgehead atoms. The normalized spacial score (nSPS) is 17.0. The zero-order valence-electron chi connectivity index (χ0n) is 15.6. The second kappa shape index (κ2) is 9.95. The van der Waals surface area contributed by atoms with Crippen LogP contribution < -0.4 is 0 Å². The number of aliphatic hydroxyl groups excluding tert-OH is 1. The topological polar surface area (TPSA) is 82.5 Å². The first kappa shape index (κ1) is 21.5. The minimum atomic E-state index is -0.541. The third-order valence-electron chi connectivity index (χ3n) is 4.37. The molecule has 0 radical (unpaired) electrons. The van der Waals surface area contributed by atoms with Gasteiger partial charge in [-0.25, -0.2) is 0 Å². The number of hydrogen-bond acceptors (Lipinski definition) is 5. The van der Waals surface area contributed by atoms with E-state index in [1.165, 1.54) is 0 Å². The molecule has 6 heteroatoms. The minimum Gasteiger partial charge on any atom is -0.508 e. The van der Waals surface area contributed by atoms with Crippen LogP contribution in [0.3, 0.4) is 0 Å². The van der Waals surface area contributed by atoms with Crippen LogP contribution >= 0.6 is 11.6 Å². The van der Waals surface area contributed by atoms with Crippen LogP contribution in [0.25, 0.3) is 0 Å². The van der Waals surface area contributed by atoms with Crippen molar-refractivity contribution < 1.29 is 24.8 Å². The lowest BCUT2D eigenvalue weighted by atomic mass is 9.78. The number of halogens is 1. The van der Waals surface area contributed by atoms with Gasteiger partial charge in [0, 0.05) is 5.41 Å². The summed E-state index contributed by atoms with van der Waals surface area (Å²) in [6.07, 6.45) is -0.275. The van der Waals surface area contributed by atoms with Crippen LogP contribution in [0.4, 0.5) is 0 Å². The first-order valence-electron chi connectivity index (χ1n) is 8.85. The highest BCUT2D eigenvalue weighted by Crippen LogP contribution is 2.32. The predicted molar refractivity (Wildman–Crippen MR) is 106 cm³/mol. The van der Waals surface area contributed by atoms with Crippen molar-refractivity contribution in [2.75, 3.05) is 25.7 Å². The number of ether oxygens (including phenoxy) is 2. The summed E-state index contributed by atoms with van der Waals surface area (Å²) < 4.78 is 9.94. The average Bonchev–Trinajstić information content (AvgIpc) is 3.47. The quantitative estimate of drug-likeness (QED) is 0.495. The van der Waals surface area contributed by atoms with Crippen molar-refractivity contribution in [1.82, 2.24) is 0 Å². The molecule has 0 aliphatic carbocycles. The molecule has 0 saturated carbocycles. The third-order valence-corrected chi connectivity index (χ3v) is 4.73. The van der Waals surface area contributed by atoms with E-state index in [0.29, 0.717) is 13.2 Å². The number of hydrogen-bond donors (Lipinski definition) is 3. The van der Waals surface area contributed by atoms with Crippen molar-refractivity contribution in [2.24, 2.45) is 0 Å². The number of epoxide rings is 1. The van der Waals surface area contributed by atoms with E-state index in [4.69, 9.17) is 26.2 Å². The number of aromatic hydroxyl groups is 2. The zero-order valence-corrected chi connectivity index (χ0v) is 16.4. The SMILES string of the molecule is CC(C)(c1ccc(O)cc1)c1ccc(O)cc1.OC(CCl)COCC1CO1. The Balaban J connectivity index is 0.000000223. The highest BCUT2D eigenvalue weighted by Gasteiger charge is 2.23. The molecule has 3 N–H and O–H groups in total. The third kappa shape index (κ3) is 7.03. The highest BCUT2D eigenvalue weighted by molar-refractivity contribution is 6.18. The number of phenols is 2. The molecule has 3 rings (SSSR count). The van der Waals surface area contributed by atoms with Crippen LogP contribution in [-0.2, 0) is 14.9 Å². The Kier molecular flexibility index (Phi) is 7.92. The molecule has 5 nitrogen and oxygen atoms in total. The average molecular weight is 395 g/mol. The number of benzene rings is 2. The summed E-state index contributed by atoms with van der Waals surface area (Å²) in [6.45, 7) is 5.91. The maximum absolute atomic E-state index is 9.30. The molecule has 2 aromatic rings. The molecule has 1 aliphatic rings. The van der Waals surface area contributed by atoms with Gasteiger partial charge in [0.05, 0.1) is 31.8 Å². The Hall–Kier alpha value is -1.79. The lowest BCUT2D eigenvalue weighted by Gasteiger charge is -2.26. The molecule has 27 heavy (non-hydrogen) atoms. The maximum Gasteiger partial charge on any atom is 0.115 e. The molecule has 148 valence electrons. The summed E-state index contributed by atoms with van der Waals surface area (Å²) in [5.74, 6) is 0.774. The molecular weight excluding hydrogens is 368 g/mol. The van der Waals surface area contributed by atoms with E-state index < -0.39 is 6.10 Å². The van der Waals surface area contributed by atoms with Crippen LogP contribution in [0.5, 0.6) is 11.5 Å². The molecule has 2 atom stereocenters. The molecule has 2 aromatic carbocycles. The first-order chi connectivity index (χ1) is 12.8. The van der Waals surface area contributed by atoms with Gasteiger partial charge in [-0.2, -0.15) is 0 Å². The molecule has 0 amide bonds. The van der Waals surface area contributed by atoms with Gasteiger partial charge >= 0.3 is 0 Å². The first-order valence-corrected chi connectivity index (χ1v) is 9.38. The van der Waals surface area contributed by atoms with Crippen molar-refractivity contribution in [3.63, 3.8) is 0 Å². The molecule has 1 heterocycles. The van der Waals surface area contributed by atoms with Crippen molar-refractivity contribution in [1.29, 1.82) is 0 Å². The lowest BCUT2D eigenvalue weighted by Crippen LogP contribution is -2.18. The highest BCUT2D eigenvalue weighted by atomic mass is 35.5. The molecular formula is C21H27ClO5. The minimum absolute atomic E-state index is 0.151. The van der Waals surface area contributed by atoms with E-state index >= 15 is 0 Å². The Morgan fingerprint density at radius 2 is 1.48 bits per heavy atom.